The van der Waals surface area contributed by atoms with Crippen molar-refractivity contribution in [2.45, 2.75) is 37.1 Å². The van der Waals surface area contributed by atoms with Crippen molar-refractivity contribution in [2.75, 3.05) is 12.3 Å². The van der Waals surface area contributed by atoms with Crippen LogP contribution in [0.4, 0.5) is 0 Å². The predicted molar refractivity (Wildman–Crippen MR) is 79.1 cm³/mol. The molecule has 1 aliphatic heterocycles. The van der Waals surface area contributed by atoms with Crippen molar-refractivity contribution in [1.82, 2.24) is 5.32 Å². The summed E-state index contributed by atoms with van der Waals surface area (Å²) in [5, 5.41) is 3.28. The molecular formula is C14H21N3S. The largest absolute Gasteiger partial charge is 0.370 e. The molecule has 0 radical (unpaired) electrons. The molecule has 1 aromatic carbocycles. The summed E-state index contributed by atoms with van der Waals surface area (Å²) in [5.74, 6) is 1.75. The molecule has 1 atom stereocenters. The highest BCUT2D eigenvalue weighted by atomic mass is 32.2. The van der Waals surface area contributed by atoms with Crippen LogP contribution in [0, 0.1) is 0 Å². The van der Waals surface area contributed by atoms with E-state index in [1.165, 1.54) is 29.1 Å². The van der Waals surface area contributed by atoms with E-state index in [0.717, 1.165) is 13.0 Å². The highest BCUT2D eigenvalue weighted by molar-refractivity contribution is 7.99. The highest BCUT2D eigenvalue weighted by Crippen LogP contribution is 2.30. The van der Waals surface area contributed by atoms with Gasteiger partial charge >= 0.3 is 0 Å². The minimum absolute atomic E-state index is 0.313. The fourth-order valence-corrected chi connectivity index (χ4v) is 3.27. The van der Waals surface area contributed by atoms with Crippen LogP contribution in [0.1, 0.15) is 37.8 Å². The first-order valence-corrected chi connectivity index (χ1v) is 7.58. The minimum atomic E-state index is 0.313. The van der Waals surface area contributed by atoms with E-state index in [9.17, 15) is 0 Å². The number of nitrogens with one attached hydrogen (secondary N) is 1. The van der Waals surface area contributed by atoms with Gasteiger partial charge in [0.05, 0.1) is 6.04 Å². The van der Waals surface area contributed by atoms with Gasteiger partial charge in [-0.3, -0.25) is 4.99 Å². The fraction of sp³-hybridized carbons (Fsp3) is 0.500. The molecule has 1 unspecified atom stereocenters. The Morgan fingerprint density at radius 1 is 1.44 bits per heavy atom. The zero-order valence-electron chi connectivity index (χ0n) is 10.9. The van der Waals surface area contributed by atoms with Crippen molar-refractivity contribution in [3.05, 3.63) is 29.8 Å². The van der Waals surface area contributed by atoms with Crippen LogP contribution in [0.3, 0.4) is 0 Å². The average molecular weight is 263 g/mol. The van der Waals surface area contributed by atoms with Crippen LogP contribution < -0.4 is 11.1 Å². The fourth-order valence-electron chi connectivity index (χ4n) is 2.07. The Bertz CT molecular complexity index is 417. The van der Waals surface area contributed by atoms with Gasteiger partial charge in [-0.05, 0) is 30.2 Å². The first-order chi connectivity index (χ1) is 8.81. The topological polar surface area (TPSA) is 50.4 Å². The molecule has 0 bridgehead atoms. The van der Waals surface area contributed by atoms with Crippen LogP contribution in [0.2, 0.25) is 0 Å². The summed E-state index contributed by atoms with van der Waals surface area (Å²) in [4.78, 5) is 5.56. The number of guanidine groups is 1. The maximum absolute atomic E-state index is 5.77. The van der Waals surface area contributed by atoms with E-state index >= 15 is 0 Å². The number of rotatable bonds is 5. The number of hydrogen-bond acceptors (Lipinski definition) is 4. The molecule has 1 heterocycles. The lowest BCUT2D eigenvalue weighted by Crippen LogP contribution is -2.38. The van der Waals surface area contributed by atoms with E-state index in [4.69, 9.17) is 5.73 Å². The second-order valence-electron chi connectivity index (χ2n) is 4.49. The van der Waals surface area contributed by atoms with Gasteiger partial charge in [-0.15, -0.1) is 11.8 Å². The predicted octanol–water partition coefficient (Wildman–Crippen LogP) is 2.93. The third kappa shape index (κ3) is 3.42. The van der Waals surface area contributed by atoms with Gasteiger partial charge in [-0.2, -0.15) is 0 Å². The standard InChI is InChI=1S/C14H21N3S/c1-2-3-10-18-13-7-5-4-6-11(13)12-8-9-16-14(15)17-12/h4-7,12H,2-3,8-10H2,1H3,(H3,15,16,17). The van der Waals surface area contributed by atoms with E-state index < -0.39 is 0 Å². The maximum atomic E-state index is 5.77. The number of nitrogens with two attached hydrogens (primary N) is 1. The molecule has 1 aromatic rings. The minimum Gasteiger partial charge on any atom is -0.370 e. The second-order valence-corrected chi connectivity index (χ2v) is 5.63. The molecule has 4 heteroatoms. The van der Waals surface area contributed by atoms with Crippen LogP contribution in [0.15, 0.2) is 34.2 Å². The lowest BCUT2D eigenvalue weighted by molar-refractivity contribution is 0.561. The molecule has 0 saturated heterocycles. The van der Waals surface area contributed by atoms with Crippen LogP contribution in [-0.2, 0) is 0 Å². The molecule has 18 heavy (non-hydrogen) atoms. The summed E-state index contributed by atoms with van der Waals surface area (Å²) in [7, 11) is 0. The number of hydrogen-bond donors (Lipinski definition) is 2. The summed E-state index contributed by atoms with van der Waals surface area (Å²) >= 11 is 1.95. The molecule has 0 fully saturated rings. The Kier molecular flexibility index (Phi) is 4.93. The zero-order valence-corrected chi connectivity index (χ0v) is 11.7. The SMILES string of the molecule is CCCCSc1ccccc1C1CCN=C(N)N1. The quantitative estimate of drug-likeness (QED) is 0.634. The number of unbranched alkanes of at least 4 members (excludes halogenated alkanes) is 1. The van der Waals surface area contributed by atoms with Gasteiger partial charge in [0.25, 0.3) is 0 Å². The van der Waals surface area contributed by atoms with Gasteiger partial charge in [-0.1, -0.05) is 31.5 Å². The summed E-state index contributed by atoms with van der Waals surface area (Å²) in [5.41, 5.74) is 7.12. The summed E-state index contributed by atoms with van der Waals surface area (Å²) in [6, 6.07) is 8.93. The summed E-state index contributed by atoms with van der Waals surface area (Å²) in [6.45, 7) is 3.05. The molecular weight excluding hydrogens is 242 g/mol. The first-order valence-electron chi connectivity index (χ1n) is 6.59. The Morgan fingerprint density at radius 2 is 2.28 bits per heavy atom. The Labute approximate surface area is 113 Å². The van der Waals surface area contributed by atoms with E-state index in [1.807, 2.05) is 11.8 Å². The van der Waals surface area contributed by atoms with Crippen LogP contribution in [-0.4, -0.2) is 18.3 Å². The summed E-state index contributed by atoms with van der Waals surface area (Å²) < 4.78 is 0. The van der Waals surface area contributed by atoms with Crippen molar-refractivity contribution < 1.29 is 0 Å². The molecule has 0 amide bonds. The molecule has 0 aliphatic carbocycles. The number of thioether (sulfide) groups is 1. The van der Waals surface area contributed by atoms with Gasteiger partial charge in [0.15, 0.2) is 5.96 Å². The second kappa shape index (κ2) is 6.69. The first kappa shape index (κ1) is 13.3. The molecule has 98 valence electrons. The van der Waals surface area contributed by atoms with E-state index in [0.29, 0.717) is 12.0 Å². The Morgan fingerprint density at radius 3 is 3.06 bits per heavy atom. The molecule has 1 aliphatic rings. The van der Waals surface area contributed by atoms with Gasteiger partial charge in [0.1, 0.15) is 0 Å². The maximum Gasteiger partial charge on any atom is 0.189 e. The van der Waals surface area contributed by atoms with E-state index in [-0.39, 0.29) is 0 Å². The van der Waals surface area contributed by atoms with Gasteiger partial charge in [0, 0.05) is 11.4 Å². The van der Waals surface area contributed by atoms with Gasteiger partial charge < -0.3 is 11.1 Å². The number of nitrogens with zero attached hydrogens (tertiary/aromatic N) is 1. The molecule has 0 spiro atoms. The van der Waals surface area contributed by atoms with E-state index in [2.05, 4.69) is 41.5 Å². The van der Waals surface area contributed by atoms with Crippen LogP contribution in [0.25, 0.3) is 0 Å². The van der Waals surface area contributed by atoms with Crippen molar-refractivity contribution >= 4 is 17.7 Å². The third-order valence-electron chi connectivity index (χ3n) is 3.07. The van der Waals surface area contributed by atoms with Crippen molar-refractivity contribution in [1.29, 1.82) is 0 Å². The normalized spacial score (nSPS) is 19.2. The lowest BCUT2D eigenvalue weighted by Gasteiger charge is -2.24. The summed E-state index contributed by atoms with van der Waals surface area (Å²) in [6.07, 6.45) is 3.53. The Balaban J connectivity index is 2.09. The molecule has 3 nitrogen and oxygen atoms in total. The number of benzene rings is 1. The van der Waals surface area contributed by atoms with Crippen molar-refractivity contribution in [2.24, 2.45) is 10.7 Å². The molecule has 0 saturated carbocycles. The van der Waals surface area contributed by atoms with Gasteiger partial charge in [-0.25, -0.2) is 0 Å². The molecule has 2 rings (SSSR count). The Hall–Kier alpha value is -1.16. The van der Waals surface area contributed by atoms with Crippen LogP contribution in [0.5, 0.6) is 0 Å². The smallest absolute Gasteiger partial charge is 0.189 e. The third-order valence-corrected chi connectivity index (χ3v) is 4.25. The molecule has 3 N–H and O–H groups in total. The van der Waals surface area contributed by atoms with Crippen molar-refractivity contribution in [3.63, 3.8) is 0 Å². The highest BCUT2D eigenvalue weighted by Gasteiger charge is 2.18. The van der Waals surface area contributed by atoms with E-state index in [1.54, 1.807) is 0 Å². The average Bonchev–Trinajstić information content (AvgIpc) is 2.40. The zero-order chi connectivity index (χ0) is 12.8. The number of aliphatic imine (C=N–C) groups is 1. The lowest BCUT2D eigenvalue weighted by atomic mass is 10.0. The van der Waals surface area contributed by atoms with Crippen molar-refractivity contribution in [3.8, 4) is 0 Å². The van der Waals surface area contributed by atoms with Crippen LogP contribution >= 0.6 is 11.8 Å². The molecule has 0 aromatic heterocycles. The van der Waals surface area contributed by atoms with Gasteiger partial charge in [0.2, 0.25) is 0 Å². The monoisotopic (exact) mass is 263 g/mol.